The molecule has 2 amide bonds. The average Bonchev–Trinajstić information content (AvgIpc) is 3.37. The number of rotatable bonds is 8. The van der Waals surface area contributed by atoms with Crippen LogP contribution in [0.3, 0.4) is 0 Å². The topological polar surface area (TPSA) is 87.5 Å². The monoisotopic (exact) mass is 528 g/mol. The summed E-state index contributed by atoms with van der Waals surface area (Å²) < 4.78 is 15.2. The molecule has 8 heteroatoms. The minimum Gasteiger partial charge on any atom is -0.396 e. The van der Waals surface area contributed by atoms with E-state index >= 15 is 0 Å². The summed E-state index contributed by atoms with van der Waals surface area (Å²) in [6.07, 6.45) is 4.33. The van der Waals surface area contributed by atoms with E-state index in [0.29, 0.717) is 43.1 Å². The molecule has 202 valence electrons. The summed E-state index contributed by atoms with van der Waals surface area (Å²) in [6.45, 7) is 4.58. The molecule has 1 aliphatic rings. The highest BCUT2D eigenvalue weighted by Gasteiger charge is 2.24. The zero-order chi connectivity index (χ0) is 27.4. The third-order valence-electron chi connectivity index (χ3n) is 7.53. The van der Waals surface area contributed by atoms with Crippen molar-refractivity contribution in [2.24, 2.45) is 5.92 Å². The smallest absolute Gasteiger partial charge is 0.253 e. The maximum Gasteiger partial charge on any atom is 0.253 e. The van der Waals surface area contributed by atoms with Gasteiger partial charge in [0, 0.05) is 55.5 Å². The fraction of sp³-hybridized carbons (Fsp3) is 0.323. The summed E-state index contributed by atoms with van der Waals surface area (Å²) in [5.41, 5.74) is 4.89. The lowest BCUT2D eigenvalue weighted by Gasteiger charge is -2.32. The Morgan fingerprint density at radius 2 is 1.67 bits per heavy atom. The molecule has 0 unspecified atom stereocenters. The number of aromatic nitrogens is 2. The van der Waals surface area contributed by atoms with E-state index in [4.69, 9.17) is 10.2 Å². The highest BCUT2D eigenvalue weighted by Crippen LogP contribution is 2.25. The summed E-state index contributed by atoms with van der Waals surface area (Å²) in [4.78, 5) is 27.5. The Morgan fingerprint density at radius 1 is 1.00 bits per heavy atom. The second kappa shape index (κ2) is 11.8. The van der Waals surface area contributed by atoms with Gasteiger partial charge in [0.2, 0.25) is 0 Å². The lowest BCUT2D eigenvalue weighted by Crippen LogP contribution is -2.39. The molecule has 2 N–H and O–H groups in total. The molecule has 3 aromatic carbocycles. The number of nitrogens with zero attached hydrogens (tertiary/aromatic N) is 3. The maximum absolute atomic E-state index is 13.2. The number of fused-ring (bicyclic) bond motifs is 1. The van der Waals surface area contributed by atoms with E-state index in [2.05, 4.69) is 5.32 Å². The van der Waals surface area contributed by atoms with Crippen molar-refractivity contribution in [1.29, 1.82) is 0 Å². The molecule has 0 aliphatic carbocycles. The van der Waals surface area contributed by atoms with Crippen molar-refractivity contribution in [3.8, 4) is 11.1 Å². The average molecular weight is 529 g/mol. The van der Waals surface area contributed by atoms with Crippen molar-refractivity contribution in [3.63, 3.8) is 0 Å². The zero-order valence-electron chi connectivity index (χ0n) is 22.1. The largest absolute Gasteiger partial charge is 0.396 e. The first-order valence-corrected chi connectivity index (χ1v) is 13.4. The van der Waals surface area contributed by atoms with E-state index in [0.717, 1.165) is 47.0 Å². The molecule has 2 heterocycles. The van der Waals surface area contributed by atoms with E-state index in [1.165, 1.54) is 12.1 Å². The number of carbonyl (C=O) groups excluding carboxylic acids is 2. The van der Waals surface area contributed by atoms with Crippen LogP contribution in [0.25, 0.3) is 22.0 Å². The number of piperidine rings is 1. The van der Waals surface area contributed by atoms with Crippen LogP contribution in [0.15, 0.2) is 66.9 Å². The first-order valence-electron chi connectivity index (χ1n) is 13.4. The van der Waals surface area contributed by atoms with Crippen molar-refractivity contribution in [2.45, 2.75) is 32.7 Å². The van der Waals surface area contributed by atoms with Gasteiger partial charge in [-0.2, -0.15) is 5.10 Å². The van der Waals surface area contributed by atoms with Gasteiger partial charge >= 0.3 is 0 Å². The van der Waals surface area contributed by atoms with Crippen molar-refractivity contribution in [1.82, 2.24) is 20.0 Å². The highest BCUT2D eigenvalue weighted by atomic mass is 19.1. The quantitative estimate of drug-likeness (QED) is 0.321. The molecule has 1 fully saturated rings. The van der Waals surface area contributed by atoms with E-state index in [1.54, 1.807) is 18.2 Å². The van der Waals surface area contributed by atoms with Crippen LogP contribution in [-0.4, -0.2) is 57.8 Å². The molecule has 1 aromatic heterocycles. The number of hydrogen-bond acceptors (Lipinski definition) is 4. The molecule has 1 aliphatic heterocycles. The predicted molar refractivity (Wildman–Crippen MR) is 149 cm³/mol. The van der Waals surface area contributed by atoms with Gasteiger partial charge < -0.3 is 15.3 Å². The van der Waals surface area contributed by atoms with Crippen LogP contribution < -0.4 is 5.32 Å². The number of likely N-dealkylation sites (tertiary alicyclic amines) is 1. The minimum atomic E-state index is -0.269. The van der Waals surface area contributed by atoms with Gasteiger partial charge in [-0.3, -0.25) is 14.3 Å². The van der Waals surface area contributed by atoms with E-state index < -0.39 is 0 Å². The van der Waals surface area contributed by atoms with Crippen LogP contribution in [0.5, 0.6) is 0 Å². The van der Waals surface area contributed by atoms with Gasteiger partial charge in [-0.05, 0) is 85.2 Å². The van der Waals surface area contributed by atoms with E-state index in [9.17, 15) is 14.0 Å². The van der Waals surface area contributed by atoms with Crippen molar-refractivity contribution >= 4 is 22.7 Å². The molecule has 4 aromatic rings. The number of hydrogen-bond donors (Lipinski definition) is 2. The third-order valence-corrected chi connectivity index (χ3v) is 7.53. The molecule has 0 atom stereocenters. The second-order valence-corrected chi connectivity index (χ2v) is 10.2. The number of halogens is 1. The number of aliphatic hydroxyl groups is 1. The SMILES string of the molecule is Cc1c(C(=O)NCCCO)ccc2nn(CC3CCN(C(=O)c4ccc(-c5ccc(F)cc5)cc4)CC3)cc12. The van der Waals surface area contributed by atoms with Gasteiger partial charge in [-0.25, -0.2) is 4.39 Å². The third kappa shape index (κ3) is 6.01. The van der Waals surface area contributed by atoms with E-state index in [-0.39, 0.29) is 24.2 Å². The van der Waals surface area contributed by atoms with Crippen LogP contribution in [-0.2, 0) is 6.54 Å². The van der Waals surface area contributed by atoms with Gasteiger partial charge in [0.05, 0.1) is 5.52 Å². The Kier molecular flexibility index (Phi) is 8.02. The van der Waals surface area contributed by atoms with Crippen LogP contribution >= 0.6 is 0 Å². The standard InChI is InChI=1S/C31H33FN4O3/c1-21-27(30(38)33-15-2-18-37)11-12-29-28(21)20-36(34-29)19-22-13-16-35(17-14-22)31(39)25-5-3-23(4-6-25)24-7-9-26(32)10-8-24/h3-12,20,22,37H,2,13-19H2,1H3,(H,33,38). The zero-order valence-corrected chi connectivity index (χ0v) is 22.1. The molecule has 1 saturated heterocycles. The second-order valence-electron chi connectivity index (χ2n) is 10.2. The van der Waals surface area contributed by atoms with Crippen molar-refractivity contribution in [2.75, 3.05) is 26.2 Å². The first-order chi connectivity index (χ1) is 18.9. The van der Waals surface area contributed by atoms with Gasteiger partial charge in [0.25, 0.3) is 11.8 Å². The van der Waals surface area contributed by atoms with Crippen molar-refractivity contribution in [3.05, 3.63) is 89.4 Å². The van der Waals surface area contributed by atoms with Gasteiger partial charge in [-0.15, -0.1) is 0 Å². The molecule has 0 bridgehead atoms. The number of nitrogens with one attached hydrogen (secondary N) is 1. The molecule has 39 heavy (non-hydrogen) atoms. The number of carbonyl (C=O) groups is 2. The Labute approximate surface area is 227 Å². The molecule has 0 radical (unpaired) electrons. The highest BCUT2D eigenvalue weighted by molar-refractivity contribution is 6.00. The van der Waals surface area contributed by atoms with Gasteiger partial charge in [0.15, 0.2) is 0 Å². The van der Waals surface area contributed by atoms with Crippen LogP contribution in [0.1, 0.15) is 45.5 Å². The van der Waals surface area contributed by atoms with Gasteiger partial charge in [-0.1, -0.05) is 24.3 Å². The van der Waals surface area contributed by atoms with Crippen LogP contribution in [0.4, 0.5) is 4.39 Å². The molecular formula is C31H33FN4O3. The number of benzene rings is 3. The number of aliphatic hydroxyl groups excluding tert-OH is 1. The molecular weight excluding hydrogens is 495 g/mol. The first kappa shape index (κ1) is 26.6. The predicted octanol–water partition coefficient (Wildman–Crippen LogP) is 4.82. The Balaban J connectivity index is 1.17. The minimum absolute atomic E-state index is 0.0318. The van der Waals surface area contributed by atoms with Crippen molar-refractivity contribution < 1.29 is 19.1 Å². The molecule has 5 rings (SSSR count). The fourth-order valence-corrected chi connectivity index (χ4v) is 5.21. The summed E-state index contributed by atoms with van der Waals surface area (Å²) in [5, 5.41) is 17.5. The number of aryl methyl sites for hydroxylation is 1. The summed E-state index contributed by atoms with van der Waals surface area (Å²) >= 11 is 0. The summed E-state index contributed by atoms with van der Waals surface area (Å²) in [7, 11) is 0. The molecule has 0 saturated carbocycles. The Hall–Kier alpha value is -4.04. The maximum atomic E-state index is 13.2. The van der Waals surface area contributed by atoms with E-state index in [1.807, 2.05) is 53.0 Å². The molecule has 0 spiro atoms. The van der Waals surface area contributed by atoms with Crippen LogP contribution in [0.2, 0.25) is 0 Å². The Bertz CT molecular complexity index is 1460. The fourth-order valence-electron chi connectivity index (χ4n) is 5.21. The molecule has 7 nitrogen and oxygen atoms in total. The lowest BCUT2D eigenvalue weighted by molar-refractivity contribution is 0.0681. The summed E-state index contributed by atoms with van der Waals surface area (Å²) in [6, 6.07) is 17.5. The summed E-state index contributed by atoms with van der Waals surface area (Å²) in [5.74, 6) is 0.0298. The number of amides is 2. The van der Waals surface area contributed by atoms with Gasteiger partial charge in [0.1, 0.15) is 5.82 Å². The Morgan fingerprint density at radius 3 is 2.33 bits per heavy atom. The normalized spacial score (nSPS) is 14.1. The lowest BCUT2D eigenvalue weighted by atomic mass is 9.96. The van der Waals surface area contributed by atoms with Crippen LogP contribution in [0, 0.1) is 18.7 Å².